The fraction of sp³-hybridized carbons (Fsp3) is 0.588. The van der Waals surface area contributed by atoms with Crippen LogP contribution in [-0.4, -0.2) is 11.0 Å². The van der Waals surface area contributed by atoms with Gasteiger partial charge in [-0.05, 0) is 31.9 Å². The van der Waals surface area contributed by atoms with Gasteiger partial charge in [-0.3, -0.25) is 0 Å². The van der Waals surface area contributed by atoms with Crippen LogP contribution < -0.4 is 5.32 Å². The van der Waals surface area contributed by atoms with Crippen molar-refractivity contribution >= 4 is 21.6 Å². The molecule has 1 aliphatic rings. The zero-order chi connectivity index (χ0) is 13.8. The second kappa shape index (κ2) is 6.68. The van der Waals surface area contributed by atoms with Gasteiger partial charge in [0.1, 0.15) is 5.01 Å². The van der Waals surface area contributed by atoms with Gasteiger partial charge in [0.2, 0.25) is 0 Å². The Bertz CT molecular complexity index is 508. The molecule has 1 aromatic heterocycles. The summed E-state index contributed by atoms with van der Waals surface area (Å²) in [6.45, 7) is 2.26. The average Bonchev–Trinajstić information content (AvgIpc) is 2.85. The maximum absolute atomic E-state index is 4.78. The van der Waals surface area contributed by atoms with Gasteiger partial charge in [0.15, 0.2) is 0 Å². The summed E-state index contributed by atoms with van der Waals surface area (Å²) in [7, 11) is 0. The maximum Gasteiger partial charge on any atom is 0.111 e. The van der Waals surface area contributed by atoms with Crippen molar-refractivity contribution in [3.05, 3.63) is 29.3 Å². The molecule has 1 unspecified atom stereocenters. The van der Waals surface area contributed by atoms with Gasteiger partial charge in [0.25, 0.3) is 0 Å². The molecule has 1 saturated carbocycles. The highest BCUT2D eigenvalue weighted by molar-refractivity contribution is 7.18. The first-order valence-corrected chi connectivity index (χ1v) is 8.76. The van der Waals surface area contributed by atoms with Gasteiger partial charge >= 0.3 is 0 Å². The number of para-hydroxylation sites is 1. The Kier molecular flexibility index (Phi) is 4.69. The maximum atomic E-state index is 4.78. The lowest BCUT2D eigenvalue weighted by Crippen LogP contribution is -2.32. The van der Waals surface area contributed by atoms with E-state index < -0.39 is 0 Å². The van der Waals surface area contributed by atoms with Gasteiger partial charge < -0.3 is 5.32 Å². The predicted octanol–water partition coefficient (Wildman–Crippen LogP) is 5.06. The van der Waals surface area contributed by atoms with E-state index in [1.165, 1.54) is 54.7 Å². The van der Waals surface area contributed by atoms with E-state index in [0.717, 1.165) is 5.52 Å². The Hall–Kier alpha value is -0.930. The standard InChI is InChI=1S/C17H24N2S/c1-13(18-14-9-5-3-2-4-6-10-14)17-19-15-11-7-8-12-16(15)20-17/h7-8,11-14,18H,2-6,9-10H2,1H3. The van der Waals surface area contributed by atoms with Gasteiger partial charge in [0, 0.05) is 6.04 Å². The molecule has 0 amide bonds. The van der Waals surface area contributed by atoms with E-state index in [4.69, 9.17) is 4.98 Å². The van der Waals surface area contributed by atoms with E-state index in [1.54, 1.807) is 0 Å². The zero-order valence-electron chi connectivity index (χ0n) is 12.3. The van der Waals surface area contributed by atoms with E-state index in [9.17, 15) is 0 Å². The fourth-order valence-electron chi connectivity index (χ4n) is 3.12. The highest BCUT2D eigenvalue weighted by Crippen LogP contribution is 2.27. The molecule has 2 nitrogen and oxygen atoms in total. The minimum Gasteiger partial charge on any atom is -0.305 e. The number of nitrogens with zero attached hydrogens (tertiary/aromatic N) is 1. The molecule has 1 aliphatic carbocycles. The van der Waals surface area contributed by atoms with Gasteiger partial charge in [-0.1, -0.05) is 44.2 Å². The summed E-state index contributed by atoms with van der Waals surface area (Å²) < 4.78 is 1.30. The molecule has 3 rings (SSSR count). The number of nitrogens with one attached hydrogen (secondary N) is 1. The Morgan fingerprint density at radius 1 is 1.10 bits per heavy atom. The minimum atomic E-state index is 0.372. The smallest absolute Gasteiger partial charge is 0.111 e. The minimum absolute atomic E-state index is 0.372. The van der Waals surface area contributed by atoms with Crippen LogP contribution in [0.2, 0.25) is 0 Å². The summed E-state index contributed by atoms with van der Waals surface area (Å²) in [5.41, 5.74) is 1.14. The Balaban J connectivity index is 1.66. The SMILES string of the molecule is CC(NC1CCCCCCC1)c1nc2ccccc2s1. The van der Waals surface area contributed by atoms with Crippen LogP contribution in [0.1, 0.15) is 62.9 Å². The fourth-order valence-corrected chi connectivity index (χ4v) is 4.10. The van der Waals surface area contributed by atoms with E-state index in [1.807, 2.05) is 11.3 Å². The van der Waals surface area contributed by atoms with Crippen LogP contribution in [0.5, 0.6) is 0 Å². The number of hydrogen-bond acceptors (Lipinski definition) is 3. The summed E-state index contributed by atoms with van der Waals surface area (Å²) in [6.07, 6.45) is 9.67. The van der Waals surface area contributed by atoms with Crippen molar-refractivity contribution in [2.75, 3.05) is 0 Å². The average molecular weight is 288 g/mol. The van der Waals surface area contributed by atoms with E-state index >= 15 is 0 Å². The lowest BCUT2D eigenvalue weighted by molar-refractivity contribution is 0.362. The third kappa shape index (κ3) is 3.39. The summed E-state index contributed by atoms with van der Waals surface area (Å²) in [6, 6.07) is 9.49. The number of aromatic nitrogens is 1. The first-order valence-electron chi connectivity index (χ1n) is 7.94. The zero-order valence-corrected chi connectivity index (χ0v) is 13.1. The van der Waals surface area contributed by atoms with E-state index in [2.05, 4.69) is 36.5 Å². The number of fused-ring (bicyclic) bond motifs is 1. The number of hydrogen-bond donors (Lipinski definition) is 1. The monoisotopic (exact) mass is 288 g/mol. The molecule has 0 bridgehead atoms. The number of thiazole rings is 1. The number of rotatable bonds is 3. The largest absolute Gasteiger partial charge is 0.305 e. The van der Waals surface area contributed by atoms with Gasteiger partial charge in [-0.15, -0.1) is 11.3 Å². The summed E-state index contributed by atoms with van der Waals surface area (Å²) in [5, 5.41) is 5.04. The normalized spacial score (nSPS) is 19.6. The Labute approximate surface area is 125 Å². The van der Waals surface area contributed by atoms with Crippen molar-refractivity contribution in [2.24, 2.45) is 0 Å². The van der Waals surface area contributed by atoms with Crippen LogP contribution in [0, 0.1) is 0 Å². The number of benzene rings is 1. The lowest BCUT2D eigenvalue weighted by Gasteiger charge is -2.24. The highest BCUT2D eigenvalue weighted by Gasteiger charge is 2.17. The first kappa shape index (κ1) is 14.0. The molecule has 2 aromatic rings. The Morgan fingerprint density at radius 2 is 1.80 bits per heavy atom. The topological polar surface area (TPSA) is 24.9 Å². The molecule has 108 valence electrons. The van der Waals surface area contributed by atoms with Gasteiger partial charge in [-0.25, -0.2) is 4.98 Å². The Morgan fingerprint density at radius 3 is 2.55 bits per heavy atom. The summed E-state index contributed by atoms with van der Waals surface area (Å²) in [4.78, 5) is 4.78. The summed E-state index contributed by atoms with van der Waals surface area (Å²) in [5.74, 6) is 0. The van der Waals surface area contributed by atoms with Crippen LogP contribution in [0.25, 0.3) is 10.2 Å². The van der Waals surface area contributed by atoms with Crippen molar-refractivity contribution in [3.8, 4) is 0 Å². The molecule has 1 atom stereocenters. The van der Waals surface area contributed by atoms with Gasteiger partial charge in [-0.2, -0.15) is 0 Å². The van der Waals surface area contributed by atoms with Crippen molar-refractivity contribution in [3.63, 3.8) is 0 Å². The second-order valence-corrected chi connectivity index (χ2v) is 7.01. The molecular formula is C17H24N2S. The molecule has 0 aliphatic heterocycles. The van der Waals surface area contributed by atoms with Crippen molar-refractivity contribution in [1.29, 1.82) is 0 Å². The second-order valence-electron chi connectivity index (χ2n) is 5.95. The van der Waals surface area contributed by atoms with Crippen molar-refractivity contribution in [2.45, 2.75) is 64.0 Å². The molecule has 1 aromatic carbocycles. The van der Waals surface area contributed by atoms with Crippen LogP contribution in [0.15, 0.2) is 24.3 Å². The third-order valence-electron chi connectivity index (χ3n) is 4.27. The van der Waals surface area contributed by atoms with Gasteiger partial charge in [0.05, 0.1) is 16.3 Å². The van der Waals surface area contributed by atoms with E-state index in [0.29, 0.717) is 12.1 Å². The molecule has 0 saturated heterocycles. The molecule has 0 radical (unpaired) electrons. The lowest BCUT2D eigenvalue weighted by atomic mass is 9.96. The van der Waals surface area contributed by atoms with Crippen LogP contribution >= 0.6 is 11.3 Å². The molecule has 1 heterocycles. The third-order valence-corrected chi connectivity index (χ3v) is 5.49. The van der Waals surface area contributed by atoms with Crippen molar-refractivity contribution < 1.29 is 0 Å². The highest BCUT2D eigenvalue weighted by atomic mass is 32.1. The molecule has 1 N–H and O–H groups in total. The first-order chi connectivity index (χ1) is 9.83. The molecule has 1 fully saturated rings. The quantitative estimate of drug-likeness (QED) is 0.854. The van der Waals surface area contributed by atoms with Crippen LogP contribution in [0.3, 0.4) is 0 Å². The molecule has 20 heavy (non-hydrogen) atoms. The van der Waals surface area contributed by atoms with Crippen LogP contribution in [-0.2, 0) is 0 Å². The predicted molar refractivity (Wildman–Crippen MR) is 87.3 cm³/mol. The van der Waals surface area contributed by atoms with Crippen molar-refractivity contribution in [1.82, 2.24) is 10.3 Å². The molecule has 3 heteroatoms. The van der Waals surface area contributed by atoms with Crippen LogP contribution in [0.4, 0.5) is 0 Å². The summed E-state index contributed by atoms with van der Waals surface area (Å²) >= 11 is 1.83. The molecular weight excluding hydrogens is 264 g/mol. The van der Waals surface area contributed by atoms with E-state index in [-0.39, 0.29) is 0 Å². The molecule has 0 spiro atoms.